The largest absolute Gasteiger partial charge is 0.493 e. The number of nitrogens with zero attached hydrogens (tertiary/aromatic N) is 3. The maximum Gasteiger partial charge on any atom is 0.282 e. The topological polar surface area (TPSA) is 65.7 Å². The molecule has 1 aromatic heterocycles. The highest BCUT2D eigenvalue weighted by Gasteiger charge is 2.18. The fourth-order valence-corrected chi connectivity index (χ4v) is 3.78. The molecule has 2 aromatic carbocycles. The zero-order chi connectivity index (χ0) is 24.3. The Balaban J connectivity index is 2.07. The molecule has 0 spiro atoms. The van der Waals surface area contributed by atoms with Gasteiger partial charge in [0.25, 0.3) is 5.56 Å². The van der Waals surface area contributed by atoms with Crippen LogP contribution in [0, 0.1) is 5.41 Å². The van der Waals surface area contributed by atoms with Gasteiger partial charge in [-0.25, -0.2) is 4.98 Å². The van der Waals surface area contributed by atoms with E-state index < -0.39 is 0 Å². The summed E-state index contributed by atoms with van der Waals surface area (Å²) < 4.78 is 13.6. The van der Waals surface area contributed by atoms with E-state index >= 15 is 0 Å². The monoisotopic (exact) mass is 533 g/mol. The van der Waals surface area contributed by atoms with E-state index in [0.717, 1.165) is 10.9 Å². The van der Waals surface area contributed by atoms with Gasteiger partial charge in [-0.05, 0) is 47.7 Å². The average molecular weight is 535 g/mol. The van der Waals surface area contributed by atoms with Gasteiger partial charge in [0.15, 0.2) is 11.5 Å². The molecule has 0 aliphatic heterocycles. The van der Waals surface area contributed by atoms with Gasteiger partial charge in [0.2, 0.25) is 0 Å². The van der Waals surface area contributed by atoms with Gasteiger partial charge in [-0.15, -0.1) is 0 Å². The van der Waals surface area contributed by atoms with Gasteiger partial charge in [0.05, 0.1) is 35.9 Å². The molecule has 0 saturated heterocycles. The SMILES string of the molecule is CC[C@@H](C)c1nc2ccc(Br)cc2c(=O)n1N=Cc1cc(Cl)c(OCC(C)(C)C)c(OC)c1. The number of hydrogen-bond donors (Lipinski definition) is 0. The second kappa shape index (κ2) is 10.3. The van der Waals surface area contributed by atoms with Crippen LogP contribution in [0.25, 0.3) is 10.9 Å². The van der Waals surface area contributed by atoms with Gasteiger partial charge in [-0.3, -0.25) is 4.79 Å². The smallest absolute Gasteiger partial charge is 0.282 e. The molecule has 0 saturated carbocycles. The predicted molar refractivity (Wildman–Crippen MR) is 138 cm³/mol. The van der Waals surface area contributed by atoms with Gasteiger partial charge in [-0.2, -0.15) is 9.78 Å². The van der Waals surface area contributed by atoms with Crippen LogP contribution in [-0.4, -0.2) is 29.6 Å². The van der Waals surface area contributed by atoms with Gasteiger partial charge >= 0.3 is 0 Å². The molecule has 1 atom stereocenters. The second-order valence-corrected chi connectivity index (χ2v) is 10.5. The van der Waals surface area contributed by atoms with Crippen molar-refractivity contribution in [3.8, 4) is 11.5 Å². The number of hydrogen-bond acceptors (Lipinski definition) is 5. The van der Waals surface area contributed by atoms with Crippen molar-refractivity contribution in [2.45, 2.75) is 47.0 Å². The molecule has 176 valence electrons. The molecule has 0 unspecified atom stereocenters. The van der Waals surface area contributed by atoms with E-state index in [4.69, 9.17) is 26.1 Å². The predicted octanol–water partition coefficient (Wildman–Crippen LogP) is 6.64. The van der Waals surface area contributed by atoms with Crippen molar-refractivity contribution >= 4 is 44.6 Å². The number of methoxy groups -OCH3 is 1. The van der Waals surface area contributed by atoms with Crippen LogP contribution in [0.15, 0.2) is 44.7 Å². The number of halogens is 2. The lowest BCUT2D eigenvalue weighted by Crippen LogP contribution is -2.23. The highest BCUT2D eigenvalue weighted by Crippen LogP contribution is 2.37. The Hall–Kier alpha value is -2.38. The molecule has 1 heterocycles. The van der Waals surface area contributed by atoms with Gasteiger partial charge in [0, 0.05) is 10.4 Å². The number of rotatable bonds is 7. The summed E-state index contributed by atoms with van der Waals surface area (Å²) in [5.41, 5.74) is 1.07. The minimum absolute atomic E-state index is 0.0277. The Kier molecular flexibility index (Phi) is 7.85. The van der Waals surface area contributed by atoms with Crippen LogP contribution in [-0.2, 0) is 0 Å². The van der Waals surface area contributed by atoms with Crippen LogP contribution in [0.3, 0.4) is 0 Å². The van der Waals surface area contributed by atoms with E-state index in [2.05, 4.69) is 48.7 Å². The van der Waals surface area contributed by atoms with Crippen LogP contribution >= 0.6 is 27.5 Å². The normalized spacial score (nSPS) is 13.0. The number of ether oxygens (including phenoxy) is 2. The Morgan fingerprint density at radius 3 is 2.64 bits per heavy atom. The third kappa shape index (κ3) is 5.95. The summed E-state index contributed by atoms with van der Waals surface area (Å²) in [6.45, 7) is 10.8. The van der Waals surface area contributed by atoms with E-state index in [-0.39, 0.29) is 16.9 Å². The van der Waals surface area contributed by atoms with Crippen molar-refractivity contribution in [2.75, 3.05) is 13.7 Å². The Morgan fingerprint density at radius 2 is 2.00 bits per heavy atom. The molecule has 8 heteroatoms. The lowest BCUT2D eigenvalue weighted by molar-refractivity contribution is 0.191. The quantitative estimate of drug-likeness (QED) is 0.319. The number of fused-ring (bicyclic) bond motifs is 1. The number of aromatic nitrogens is 2. The lowest BCUT2D eigenvalue weighted by Gasteiger charge is -2.21. The number of benzene rings is 2. The Bertz CT molecular complexity index is 1250. The highest BCUT2D eigenvalue weighted by atomic mass is 79.9. The molecular formula is C25H29BrClN3O3. The summed E-state index contributed by atoms with van der Waals surface area (Å²) in [6.07, 6.45) is 2.41. The summed E-state index contributed by atoms with van der Waals surface area (Å²) in [5, 5.41) is 5.41. The van der Waals surface area contributed by atoms with Crippen molar-refractivity contribution in [1.82, 2.24) is 9.66 Å². The van der Waals surface area contributed by atoms with E-state index in [9.17, 15) is 4.79 Å². The standard InChI is InChI=1S/C25H29BrClN3O3/c1-7-15(2)23-29-20-9-8-17(26)12-18(20)24(31)30(23)28-13-16-10-19(27)22(21(11-16)32-6)33-14-25(3,4)5/h8-13,15H,7,14H2,1-6H3/t15-/m1/s1. The van der Waals surface area contributed by atoms with Crippen molar-refractivity contribution < 1.29 is 9.47 Å². The Labute approximate surface area is 207 Å². The molecule has 0 fully saturated rings. The summed E-state index contributed by atoms with van der Waals surface area (Å²) in [5.74, 6) is 1.65. The molecule has 3 rings (SSSR count). The molecule has 0 N–H and O–H groups in total. The first-order chi connectivity index (χ1) is 15.5. The van der Waals surface area contributed by atoms with Crippen LogP contribution in [0.1, 0.15) is 58.3 Å². The fraction of sp³-hybridized carbons (Fsp3) is 0.400. The summed E-state index contributed by atoms with van der Waals surface area (Å²) >= 11 is 9.93. The summed E-state index contributed by atoms with van der Waals surface area (Å²) in [7, 11) is 1.56. The van der Waals surface area contributed by atoms with Crippen molar-refractivity contribution in [1.29, 1.82) is 0 Å². The zero-order valence-corrected chi connectivity index (χ0v) is 22.1. The molecular weight excluding hydrogens is 506 g/mol. The third-order valence-corrected chi connectivity index (χ3v) is 5.88. The first-order valence-corrected chi connectivity index (χ1v) is 12.0. The molecule has 3 aromatic rings. The first kappa shape index (κ1) is 25.2. The minimum atomic E-state index is -0.226. The maximum atomic E-state index is 13.3. The highest BCUT2D eigenvalue weighted by molar-refractivity contribution is 9.10. The van der Waals surface area contributed by atoms with Crippen molar-refractivity contribution in [3.05, 3.63) is 61.6 Å². The van der Waals surface area contributed by atoms with Gasteiger partial charge in [0.1, 0.15) is 5.82 Å². The molecule has 0 bridgehead atoms. The summed E-state index contributed by atoms with van der Waals surface area (Å²) in [4.78, 5) is 18.0. The summed E-state index contributed by atoms with van der Waals surface area (Å²) in [6, 6.07) is 9.00. The van der Waals surface area contributed by atoms with Gasteiger partial charge in [-0.1, -0.05) is 62.1 Å². The van der Waals surface area contributed by atoms with Crippen LogP contribution in [0.2, 0.25) is 5.02 Å². The van der Waals surface area contributed by atoms with Crippen molar-refractivity contribution in [2.24, 2.45) is 10.5 Å². The van der Waals surface area contributed by atoms with E-state index in [1.165, 1.54) is 4.68 Å². The lowest BCUT2D eigenvalue weighted by atomic mass is 9.99. The van der Waals surface area contributed by atoms with Crippen LogP contribution < -0.4 is 15.0 Å². The molecule has 0 radical (unpaired) electrons. The minimum Gasteiger partial charge on any atom is -0.493 e. The van der Waals surface area contributed by atoms with E-state index in [1.807, 2.05) is 19.1 Å². The van der Waals surface area contributed by atoms with Crippen LogP contribution in [0.4, 0.5) is 0 Å². The molecule has 0 amide bonds. The fourth-order valence-electron chi connectivity index (χ4n) is 3.15. The van der Waals surface area contributed by atoms with Crippen molar-refractivity contribution in [3.63, 3.8) is 0 Å². The third-order valence-electron chi connectivity index (χ3n) is 5.11. The average Bonchev–Trinajstić information content (AvgIpc) is 2.76. The molecule has 0 aliphatic carbocycles. The maximum absolute atomic E-state index is 13.3. The first-order valence-electron chi connectivity index (χ1n) is 10.8. The van der Waals surface area contributed by atoms with E-state index in [0.29, 0.717) is 45.4 Å². The van der Waals surface area contributed by atoms with Gasteiger partial charge < -0.3 is 9.47 Å². The Morgan fingerprint density at radius 1 is 1.27 bits per heavy atom. The second-order valence-electron chi connectivity index (χ2n) is 9.19. The molecule has 0 aliphatic rings. The van der Waals surface area contributed by atoms with E-state index in [1.54, 1.807) is 31.5 Å². The van der Waals surface area contributed by atoms with Crippen LogP contribution in [0.5, 0.6) is 11.5 Å². The zero-order valence-electron chi connectivity index (χ0n) is 19.8. The molecule has 33 heavy (non-hydrogen) atoms. The molecule has 6 nitrogen and oxygen atoms in total.